The predicted molar refractivity (Wildman–Crippen MR) is 381 cm³/mol. The Morgan fingerprint density at radius 3 is 1.55 bits per heavy atom. The standard InChI is InChI=1S/C24H31NO.C19H27IO.C9H14BN.C5H13BO.C5H3BrIN.C5H4BrN.C4H8O/c1-23-11-9-18(26)14-17(23)5-6-19-21-8-7-20(16-4-3-13-25-15-16)24(21,2)12-10-22(19)23;1-18-9-7-13(21)11-12(18)3-4-14-15-5-6-17(20)19(15,2)10-8-16(14)18;1-3-10(4-2)9-6-5-7-11-8-9;1-4-6(5-2)7-3;6-4-1-2-5(7)8-3-4;6-5-2-1-3-7-4-5;1-2-4-5-3-1/h3-5,7,13,15,18-19,21-22,26H,6,8-12,14H2,1-2H3;3,6,13-16,21H,4-5,7-11H2,1-2H3;5-8H,3-4H2,1-2H3;4-5H2,1-3H3;1-3H;1-4H;1-4H2/t18-,19?,21?,22?,23-,24+;13-,14?,15?,16?,18-,19-;;;;;/m00...../s1/i13D;;7D;;;3D;. The van der Waals surface area contributed by atoms with Crippen molar-refractivity contribution in [2.75, 3.05) is 20.3 Å². The first-order valence-electron chi connectivity index (χ1n) is 33.7. The Hall–Kier alpha value is -2.05. The van der Waals surface area contributed by atoms with E-state index in [2.05, 4.69) is 183 Å². The molecule has 9 aliphatic rings. The molecule has 1 saturated heterocycles. The highest BCUT2D eigenvalue weighted by molar-refractivity contribution is 14.1. The fourth-order valence-corrected chi connectivity index (χ4v) is 18.1. The van der Waals surface area contributed by atoms with Crippen molar-refractivity contribution in [3.05, 3.63) is 149 Å². The van der Waals surface area contributed by atoms with Crippen LogP contribution in [0.2, 0.25) is 25.3 Å². The highest BCUT2D eigenvalue weighted by Crippen LogP contribution is 2.67. The SMILES string of the molecule is Brc1ccc(I)nc1.C1CCOC1.CCB(CC)OC.C[C@]12CC[C@H](O)CC1=CCC1C2CC[C@]2(C)C(I)=CCC12.[2H]c1ccc(B(CC)CC)cn1.[2H]c1ccc(Br)cn1.[2H]c1ccc(C2=CCC3C4CC=C5C[C@@H](O)CC[C@]5(C)C4CC[C@]23C)cn1. The average molecular weight is 1510 g/mol. The molecule has 0 spiro atoms. The maximum absolute atomic E-state index is 10.2. The second kappa shape index (κ2) is 33.9. The molecule has 4 aromatic rings. The average Bonchev–Trinajstić information content (AvgIpc) is 1.56. The number of halogens is 4. The molecule has 6 unspecified atom stereocenters. The van der Waals surface area contributed by atoms with E-state index in [1.165, 1.54) is 87.2 Å². The van der Waals surface area contributed by atoms with Crippen LogP contribution in [-0.4, -0.2) is 76.3 Å². The summed E-state index contributed by atoms with van der Waals surface area (Å²) in [6, 6.07) is 15.0. The van der Waals surface area contributed by atoms with Gasteiger partial charge in [0.25, 0.3) is 6.92 Å². The van der Waals surface area contributed by atoms with Crippen molar-refractivity contribution >= 4 is 102 Å². The van der Waals surface area contributed by atoms with Gasteiger partial charge in [0.15, 0.2) is 6.71 Å². The predicted octanol–water partition coefficient (Wildman–Crippen LogP) is 19.2. The minimum atomic E-state index is -0.123. The molecule has 5 fully saturated rings. The van der Waals surface area contributed by atoms with Gasteiger partial charge in [-0.3, -0.25) is 15.0 Å². The highest BCUT2D eigenvalue weighted by atomic mass is 127. The van der Waals surface area contributed by atoms with Crippen molar-refractivity contribution < 1.29 is 23.7 Å². The molecule has 8 nitrogen and oxygen atoms in total. The van der Waals surface area contributed by atoms with Gasteiger partial charge in [0, 0.05) is 78.0 Å². The van der Waals surface area contributed by atoms with E-state index >= 15 is 0 Å². The monoisotopic (exact) mass is 1510 g/mol. The first-order valence-corrected chi connectivity index (χ1v) is 35.9. The third-order valence-corrected chi connectivity index (χ3v) is 24.8. The zero-order valence-corrected chi connectivity index (χ0v) is 60.1. The Morgan fingerprint density at radius 1 is 0.600 bits per heavy atom. The molecule has 462 valence electrons. The molecule has 85 heavy (non-hydrogen) atoms. The smallest absolute Gasteiger partial charge is 0.292 e. The summed E-state index contributed by atoms with van der Waals surface area (Å²) in [5, 5.41) is 20.2. The Balaban J connectivity index is 0.000000160. The summed E-state index contributed by atoms with van der Waals surface area (Å²) in [7, 11) is 1.76. The maximum Gasteiger partial charge on any atom is 0.292 e. The number of aromatic nitrogens is 4. The van der Waals surface area contributed by atoms with E-state index in [1.54, 1.807) is 52.4 Å². The van der Waals surface area contributed by atoms with Gasteiger partial charge < -0.3 is 19.6 Å². The lowest BCUT2D eigenvalue weighted by Crippen LogP contribution is -2.49. The molecule has 0 amide bonds. The second-order valence-corrected chi connectivity index (χ2v) is 30.3. The Kier molecular flexibility index (Phi) is 26.2. The molecule has 0 radical (unpaired) electrons. The molecule has 0 bridgehead atoms. The zero-order valence-electron chi connectivity index (χ0n) is 55.6. The van der Waals surface area contributed by atoms with Crippen molar-refractivity contribution in [2.45, 2.75) is 196 Å². The van der Waals surface area contributed by atoms with Crippen molar-refractivity contribution in [3.63, 3.8) is 0 Å². The van der Waals surface area contributed by atoms with E-state index in [0.717, 1.165) is 113 Å². The number of aliphatic hydroxyl groups excluding tert-OH is 2. The Morgan fingerprint density at radius 2 is 1.12 bits per heavy atom. The molecule has 4 aromatic heterocycles. The first-order chi connectivity index (χ1) is 42.1. The number of allylic oxidation sites excluding steroid dienone is 6. The van der Waals surface area contributed by atoms with Crippen molar-refractivity contribution in [2.24, 2.45) is 57.2 Å². The maximum atomic E-state index is 10.2. The summed E-state index contributed by atoms with van der Waals surface area (Å²) in [6.07, 6.45) is 41.4. The second-order valence-electron chi connectivity index (χ2n) is 26.2. The van der Waals surface area contributed by atoms with Crippen LogP contribution in [-0.2, 0) is 9.39 Å². The zero-order chi connectivity index (χ0) is 63.8. The molecule has 13 rings (SSSR count). The summed E-state index contributed by atoms with van der Waals surface area (Å²) < 4.78 is 36.5. The molecule has 2 N–H and O–H groups in total. The summed E-state index contributed by atoms with van der Waals surface area (Å²) in [5.41, 5.74) is 8.49. The van der Waals surface area contributed by atoms with Crippen LogP contribution in [0.3, 0.4) is 0 Å². The number of hydrogen-bond donors (Lipinski definition) is 2. The van der Waals surface area contributed by atoms with Crippen LogP contribution >= 0.6 is 77.0 Å². The minimum absolute atomic E-state index is 0.0798. The van der Waals surface area contributed by atoms with Gasteiger partial charge in [0.1, 0.15) is 3.70 Å². The molecule has 8 aliphatic carbocycles. The molecule has 14 heteroatoms. The quantitative estimate of drug-likeness (QED) is 0.0815. The van der Waals surface area contributed by atoms with Crippen LogP contribution < -0.4 is 5.46 Å². The van der Waals surface area contributed by atoms with Gasteiger partial charge in [0.05, 0.1) is 16.3 Å². The largest absolute Gasteiger partial charge is 0.439 e. The first kappa shape index (κ1) is 65.9. The molecular weight excluding hydrogens is 1410 g/mol. The lowest BCUT2D eigenvalue weighted by Gasteiger charge is -2.57. The van der Waals surface area contributed by atoms with Gasteiger partial charge in [-0.2, -0.15) is 0 Å². The molecule has 1 aliphatic heterocycles. The number of rotatable bonds is 7. The van der Waals surface area contributed by atoms with Crippen LogP contribution in [0.15, 0.2) is 140 Å². The summed E-state index contributed by atoms with van der Waals surface area (Å²) in [6.45, 7) is 21.7. The third-order valence-electron chi connectivity index (χ3n) is 21.6. The van der Waals surface area contributed by atoms with E-state index < -0.39 is 0 Å². The van der Waals surface area contributed by atoms with Gasteiger partial charge in [-0.1, -0.05) is 134 Å². The van der Waals surface area contributed by atoms with Gasteiger partial charge in [-0.05, 0) is 283 Å². The molecule has 4 saturated carbocycles. The summed E-state index contributed by atoms with van der Waals surface area (Å²) >= 11 is 11.2. The van der Waals surface area contributed by atoms with Crippen molar-refractivity contribution in [3.8, 4) is 0 Å². The van der Waals surface area contributed by atoms with E-state index in [9.17, 15) is 10.2 Å². The summed E-state index contributed by atoms with van der Waals surface area (Å²) in [4.78, 5) is 15.9. The van der Waals surface area contributed by atoms with Gasteiger partial charge in [0.2, 0.25) is 0 Å². The topological polar surface area (TPSA) is 110 Å². The Bertz CT molecular complexity index is 2840. The normalized spacial score (nSPS) is 32.0. The third kappa shape index (κ3) is 17.9. The van der Waals surface area contributed by atoms with Gasteiger partial charge in [-0.15, -0.1) is 0 Å². The molecule has 12 atom stereocenters. The number of ether oxygens (including phenoxy) is 1. The van der Waals surface area contributed by atoms with E-state index in [0.29, 0.717) is 54.3 Å². The number of aliphatic hydroxyl groups is 2. The fraction of sp³-hybridized carbons (Fsp3) is 0.606. The van der Waals surface area contributed by atoms with Gasteiger partial charge >= 0.3 is 0 Å². The van der Waals surface area contributed by atoms with Crippen LogP contribution in [0.5, 0.6) is 0 Å². The van der Waals surface area contributed by atoms with E-state index in [-0.39, 0.29) is 17.6 Å². The number of hydrogen-bond acceptors (Lipinski definition) is 8. The van der Waals surface area contributed by atoms with Crippen LogP contribution in [0, 0.1) is 60.9 Å². The van der Waals surface area contributed by atoms with E-state index in [1.807, 2.05) is 36.7 Å². The molecule has 5 heterocycles. The van der Waals surface area contributed by atoms with Crippen molar-refractivity contribution in [1.29, 1.82) is 0 Å². The van der Waals surface area contributed by atoms with Gasteiger partial charge in [-0.25, -0.2) is 4.98 Å². The van der Waals surface area contributed by atoms with Crippen LogP contribution in [0.25, 0.3) is 5.57 Å². The van der Waals surface area contributed by atoms with E-state index in [4.69, 9.17) is 13.5 Å². The lowest BCUT2D eigenvalue weighted by molar-refractivity contribution is -0.0268. The van der Waals surface area contributed by atoms with Crippen molar-refractivity contribution in [1.82, 2.24) is 19.9 Å². The number of nitrogens with zero attached hydrogens (tertiary/aromatic N) is 4. The Labute approximate surface area is 562 Å². The fourth-order valence-electron chi connectivity index (χ4n) is 16.4. The number of pyridine rings is 4. The highest BCUT2D eigenvalue weighted by Gasteiger charge is 2.58. The number of fused-ring (bicyclic) bond motifs is 10. The lowest BCUT2D eigenvalue weighted by atomic mass is 9.42. The molecular formula is C71H100B2Br2I2N4O4. The minimum Gasteiger partial charge on any atom is -0.439 e. The van der Waals surface area contributed by atoms with Crippen LogP contribution in [0.4, 0.5) is 0 Å². The van der Waals surface area contributed by atoms with Crippen LogP contribution in [0.1, 0.15) is 168 Å². The summed E-state index contributed by atoms with van der Waals surface area (Å²) in [5.74, 6) is 4.83. The molecule has 0 aromatic carbocycles.